The number of benzene rings is 1. The molecule has 3 unspecified atom stereocenters. The van der Waals surface area contributed by atoms with Crippen LogP contribution in [0.4, 0.5) is 4.39 Å². The van der Waals surface area contributed by atoms with Crippen molar-refractivity contribution >= 4 is 18.1 Å². The lowest BCUT2D eigenvalue weighted by Crippen LogP contribution is -2.40. The van der Waals surface area contributed by atoms with Crippen molar-refractivity contribution in [2.24, 2.45) is 10.9 Å². The van der Waals surface area contributed by atoms with Gasteiger partial charge < -0.3 is 14.8 Å². The van der Waals surface area contributed by atoms with Crippen molar-refractivity contribution in [1.82, 2.24) is 4.57 Å². The summed E-state index contributed by atoms with van der Waals surface area (Å²) in [7, 11) is 0. The third-order valence-electron chi connectivity index (χ3n) is 7.75. The van der Waals surface area contributed by atoms with Crippen LogP contribution in [0.15, 0.2) is 35.3 Å². The fraction of sp³-hybridized carbons (Fsp3) is 0.481. The Morgan fingerprint density at radius 2 is 2.00 bits per heavy atom. The van der Waals surface area contributed by atoms with Gasteiger partial charge in [0, 0.05) is 17.8 Å². The van der Waals surface area contributed by atoms with Gasteiger partial charge in [0.25, 0.3) is 0 Å². The van der Waals surface area contributed by atoms with E-state index in [0.29, 0.717) is 6.42 Å². The van der Waals surface area contributed by atoms with Crippen LogP contribution < -0.4 is 10.6 Å². The number of carbonyl (C=O) groups is 1. The Morgan fingerprint density at radius 3 is 2.76 bits per heavy atom. The number of alkyl halides is 1. The van der Waals surface area contributed by atoms with E-state index in [1.165, 1.54) is 6.08 Å². The highest BCUT2D eigenvalue weighted by atomic mass is 19.1. The van der Waals surface area contributed by atoms with E-state index in [2.05, 4.69) is 12.1 Å². The molecule has 1 fully saturated rings. The Morgan fingerprint density at radius 1 is 1.24 bits per heavy atom. The van der Waals surface area contributed by atoms with Gasteiger partial charge in [0.15, 0.2) is 0 Å². The molecule has 0 spiro atoms. The van der Waals surface area contributed by atoms with Gasteiger partial charge in [0.05, 0.1) is 17.5 Å². The maximum Gasteiger partial charge on any atom is 0.323 e. The predicted molar refractivity (Wildman–Crippen MR) is 125 cm³/mol. The molecule has 3 atom stereocenters. The van der Waals surface area contributed by atoms with E-state index >= 15 is 0 Å². The van der Waals surface area contributed by atoms with Gasteiger partial charge >= 0.3 is 5.97 Å². The summed E-state index contributed by atoms with van der Waals surface area (Å²) in [6.07, 6.45) is 8.64. The molecule has 33 heavy (non-hydrogen) atoms. The first-order valence-corrected chi connectivity index (χ1v) is 12.0. The second-order valence-corrected chi connectivity index (χ2v) is 9.72. The molecule has 2 N–H and O–H groups in total. The number of carboxylic acids is 1. The van der Waals surface area contributed by atoms with E-state index in [0.717, 1.165) is 65.2 Å². The number of hydrogen-bond acceptors (Lipinski definition) is 3. The van der Waals surface area contributed by atoms with Crippen molar-refractivity contribution in [3.8, 4) is 0 Å². The van der Waals surface area contributed by atoms with Gasteiger partial charge in [0.1, 0.15) is 12.7 Å². The molecule has 1 aliphatic heterocycles. The zero-order valence-corrected chi connectivity index (χ0v) is 19.0. The van der Waals surface area contributed by atoms with Gasteiger partial charge in [-0.05, 0) is 85.4 Å². The number of allylic oxidation sites excluding steroid dienone is 1. The first-order chi connectivity index (χ1) is 15.9. The van der Waals surface area contributed by atoms with Crippen molar-refractivity contribution in [2.45, 2.75) is 76.2 Å². The molecule has 2 aliphatic carbocycles. The number of halogens is 1. The molecule has 2 heterocycles. The summed E-state index contributed by atoms with van der Waals surface area (Å²) >= 11 is 0. The van der Waals surface area contributed by atoms with Gasteiger partial charge in [-0.3, -0.25) is 9.79 Å². The van der Waals surface area contributed by atoms with Gasteiger partial charge in [-0.2, -0.15) is 0 Å². The van der Waals surface area contributed by atoms with Crippen LogP contribution in [-0.4, -0.2) is 39.1 Å². The Bertz CT molecular complexity index is 1210. The Kier molecular flexibility index (Phi) is 5.95. The van der Waals surface area contributed by atoms with Crippen LogP contribution in [0.2, 0.25) is 0 Å². The summed E-state index contributed by atoms with van der Waals surface area (Å²) in [4.78, 5) is 16.3. The molecular weight excluding hydrogens is 419 g/mol. The summed E-state index contributed by atoms with van der Waals surface area (Å²) in [5.41, 5.74) is 3.90. The average Bonchev–Trinajstić information content (AvgIpc) is 3.08. The Hall–Kier alpha value is -2.73. The monoisotopic (exact) mass is 450 g/mol. The number of para-hydroxylation sites is 1. The predicted octanol–water partition coefficient (Wildman–Crippen LogP) is 3.30. The molecule has 1 aromatic carbocycles. The average molecular weight is 451 g/mol. The SMILES string of the molecule is Cc1c(C2CCC(C(O)C3CC=c4ccccc4=N3)CC2)c2c(n1CC(=O)O)C=CC(F)C2. The molecule has 0 amide bonds. The minimum absolute atomic E-state index is 0.106. The molecule has 0 saturated heterocycles. The lowest BCUT2D eigenvalue weighted by Gasteiger charge is -2.35. The highest BCUT2D eigenvalue weighted by Crippen LogP contribution is 2.43. The molecule has 5 nitrogen and oxygen atoms in total. The lowest BCUT2D eigenvalue weighted by atomic mass is 9.73. The topological polar surface area (TPSA) is 74.8 Å². The molecule has 5 rings (SSSR count). The first-order valence-electron chi connectivity index (χ1n) is 12.0. The van der Waals surface area contributed by atoms with Gasteiger partial charge in [-0.25, -0.2) is 4.39 Å². The van der Waals surface area contributed by atoms with Crippen LogP contribution in [0.25, 0.3) is 12.2 Å². The van der Waals surface area contributed by atoms with Crippen LogP contribution in [0.5, 0.6) is 0 Å². The molecule has 0 radical (unpaired) electrons. The molecule has 6 heteroatoms. The smallest absolute Gasteiger partial charge is 0.323 e. The number of nitrogens with zero attached hydrogens (tertiary/aromatic N) is 2. The van der Waals surface area contributed by atoms with E-state index in [4.69, 9.17) is 4.99 Å². The molecule has 1 aromatic heterocycles. The second-order valence-electron chi connectivity index (χ2n) is 9.72. The van der Waals surface area contributed by atoms with E-state index in [1.807, 2.05) is 29.7 Å². The van der Waals surface area contributed by atoms with E-state index < -0.39 is 18.2 Å². The molecular formula is C27H31FN2O3. The number of rotatable bonds is 5. The summed E-state index contributed by atoms with van der Waals surface area (Å²) in [6, 6.07) is 7.94. The Balaban J connectivity index is 1.33. The normalized spacial score (nSPS) is 27.1. The maximum atomic E-state index is 14.2. The van der Waals surface area contributed by atoms with E-state index in [1.54, 1.807) is 6.08 Å². The fourth-order valence-electron chi connectivity index (χ4n) is 6.13. The van der Waals surface area contributed by atoms with Crippen molar-refractivity contribution in [2.75, 3.05) is 0 Å². The van der Waals surface area contributed by atoms with E-state index in [9.17, 15) is 19.4 Å². The highest BCUT2D eigenvalue weighted by Gasteiger charge is 2.35. The number of aliphatic hydroxyl groups excluding tert-OH is 1. The summed E-state index contributed by atoms with van der Waals surface area (Å²) in [5.74, 6) is -0.425. The third kappa shape index (κ3) is 4.17. The molecule has 1 saturated carbocycles. The number of aliphatic hydroxyl groups is 1. The Labute approximate surface area is 193 Å². The minimum atomic E-state index is -1.03. The molecule has 2 aromatic rings. The third-order valence-corrected chi connectivity index (χ3v) is 7.75. The van der Waals surface area contributed by atoms with Crippen LogP contribution in [0.1, 0.15) is 60.5 Å². The van der Waals surface area contributed by atoms with Crippen LogP contribution >= 0.6 is 0 Å². The van der Waals surface area contributed by atoms with Crippen molar-refractivity contribution in [1.29, 1.82) is 0 Å². The quantitative estimate of drug-likeness (QED) is 0.734. The zero-order chi connectivity index (χ0) is 23.1. The summed E-state index contributed by atoms with van der Waals surface area (Å²) in [5, 5.41) is 22.6. The minimum Gasteiger partial charge on any atom is -0.480 e. The highest BCUT2D eigenvalue weighted by molar-refractivity contribution is 5.69. The van der Waals surface area contributed by atoms with Crippen LogP contribution in [0, 0.1) is 12.8 Å². The van der Waals surface area contributed by atoms with Crippen molar-refractivity contribution in [3.63, 3.8) is 0 Å². The van der Waals surface area contributed by atoms with Gasteiger partial charge in [-0.15, -0.1) is 0 Å². The second kappa shape index (κ2) is 8.90. The standard InChI is InChI=1S/C27H31FN2O3/c1-16-26(21-14-20(28)11-13-24(21)30(16)15-25(31)32)18-6-8-19(9-7-18)27(33)23-12-10-17-4-2-3-5-22(17)29-23/h2-5,10-11,13,18-20,23,27,33H,6-9,12,14-15H2,1H3,(H,31,32). The number of fused-ring (bicyclic) bond motifs is 2. The van der Waals surface area contributed by atoms with Gasteiger partial charge in [-0.1, -0.05) is 24.3 Å². The number of aliphatic carboxylic acids is 1. The lowest BCUT2D eigenvalue weighted by molar-refractivity contribution is -0.137. The molecule has 3 aliphatic rings. The summed E-state index contributed by atoms with van der Waals surface area (Å²) in [6.45, 7) is 1.86. The van der Waals surface area contributed by atoms with Crippen molar-refractivity contribution in [3.05, 3.63) is 63.4 Å². The number of aromatic nitrogens is 1. The van der Waals surface area contributed by atoms with Crippen LogP contribution in [0.3, 0.4) is 0 Å². The zero-order valence-electron chi connectivity index (χ0n) is 19.0. The summed E-state index contributed by atoms with van der Waals surface area (Å²) < 4.78 is 16.1. The van der Waals surface area contributed by atoms with Crippen LogP contribution in [-0.2, 0) is 17.8 Å². The fourth-order valence-corrected chi connectivity index (χ4v) is 6.13. The largest absolute Gasteiger partial charge is 0.480 e. The molecule has 174 valence electrons. The molecule has 0 bridgehead atoms. The number of carboxylic acid groups (broad SMARTS) is 1. The van der Waals surface area contributed by atoms with E-state index in [-0.39, 0.29) is 24.4 Å². The first kappa shape index (κ1) is 22.1. The van der Waals surface area contributed by atoms with Crippen molar-refractivity contribution < 1.29 is 19.4 Å². The maximum absolute atomic E-state index is 14.2. The number of hydrogen-bond donors (Lipinski definition) is 2. The van der Waals surface area contributed by atoms with Gasteiger partial charge in [0.2, 0.25) is 0 Å².